The van der Waals surface area contributed by atoms with Gasteiger partial charge in [-0.3, -0.25) is 10.2 Å². The van der Waals surface area contributed by atoms with E-state index in [9.17, 15) is 26.7 Å². The van der Waals surface area contributed by atoms with Crippen molar-refractivity contribution in [2.75, 3.05) is 64.8 Å². The standard InChI is InChI=1S/C23H28F5N5O2S/c1-35-19-5-4-16(22(24,25)23(26,27)28)14-17(19)18-15-36-20(29-18)30-21(34)33-12-10-32(11-13-33)9-8-31-6-2-3-7-31/h4-5,14-15H,2-3,6-13H2,1H3,(H,29,30,34). The van der Waals surface area contributed by atoms with Crippen molar-refractivity contribution in [3.8, 4) is 17.0 Å². The van der Waals surface area contributed by atoms with Gasteiger partial charge in [-0.1, -0.05) is 0 Å². The van der Waals surface area contributed by atoms with Gasteiger partial charge >= 0.3 is 18.1 Å². The number of nitrogens with zero attached hydrogens (tertiary/aromatic N) is 4. The second-order valence-corrected chi connectivity index (χ2v) is 9.69. The molecule has 7 nitrogen and oxygen atoms in total. The van der Waals surface area contributed by atoms with E-state index in [1.54, 1.807) is 4.90 Å². The smallest absolute Gasteiger partial charge is 0.458 e. The number of alkyl halides is 5. The lowest BCUT2D eigenvalue weighted by atomic mass is 10.0. The number of carbonyl (C=O) groups excluding carboxylic acids is 1. The van der Waals surface area contributed by atoms with E-state index >= 15 is 0 Å². The Morgan fingerprint density at radius 3 is 2.28 bits per heavy atom. The second kappa shape index (κ2) is 10.9. The second-order valence-electron chi connectivity index (χ2n) is 8.83. The highest BCUT2D eigenvalue weighted by molar-refractivity contribution is 7.14. The first-order valence-corrected chi connectivity index (χ1v) is 12.6. The summed E-state index contributed by atoms with van der Waals surface area (Å²) in [6.45, 7) is 6.97. The fraction of sp³-hybridized carbons (Fsp3) is 0.565. The first-order chi connectivity index (χ1) is 17.1. The third kappa shape index (κ3) is 5.89. The normalized spacial score (nSPS) is 18.0. The van der Waals surface area contributed by atoms with Crippen LogP contribution in [0.1, 0.15) is 18.4 Å². The molecule has 2 aliphatic rings. The van der Waals surface area contributed by atoms with Crippen molar-refractivity contribution < 1.29 is 31.5 Å². The number of aromatic nitrogens is 1. The molecule has 4 rings (SSSR count). The molecule has 2 aliphatic heterocycles. The monoisotopic (exact) mass is 533 g/mol. The molecule has 0 bridgehead atoms. The molecule has 0 aliphatic carbocycles. The zero-order valence-corrected chi connectivity index (χ0v) is 20.6. The van der Waals surface area contributed by atoms with Crippen LogP contribution in [0, 0.1) is 0 Å². The Morgan fingerprint density at radius 2 is 1.67 bits per heavy atom. The summed E-state index contributed by atoms with van der Waals surface area (Å²) < 4.78 is 71.4. The molecule has 1 aromatic carbocycles. The Balaban J connectivity index is 1.37. The number of amides is 2. The number of carbonyl (C=O) groups is 1. The van der Waals surface area contributed by atoms with Gasteiger partial charge in [0.15, 0.2) is 5.13 Å². The molecule has 0 unspecified atom stereocenters. The number of ether oxygens (including phenoxy) is 1. The maximum absolute atomic E-state index is 13.9. The van der Waals surface area contributed by atoms with E-state index in [0.717, 1.165) is 56.7 Å². The Labute approximate surface area is 209 Å². The number of urea groups is 1. The Bertz CT molecular complexity index is 1050. The molecule has 0 atom stereocenters. The summed E-state index contributed by atoms with van der Waals surface area (Å²) >= 11 is 1.05. The zero-order chi connectivity index (χ0) is 25.9. The van der Waals surface area contributed by atoms with Gasteiger partial charge < -0.3 is 14.5 Å². The van der Waals surface area contributed by atoms with E-state index in [1.165, 1.54) is 25.3 Å². The molecular weight excluding hydrogens is 505 g/mol. The number of piperazine rings is 1. The van der Waals surface area contributed by atoms with E-state index in [0.29, 0.717) is 25.2 Å². The number of hydrogen-bond donors (Lipinski definition) is 1. The number of thiazole rings is 1. The number of rotatable bonds is 7. The van der Waals surface area contributed by atoms with Gasteiger partial charge in [0, 0.05) is 55.8 Å². The van der Waals surface area contributed by atoms with Crippen molar-refractivity contribution in [2.24, 2.45) is 0 Å². The van der Waals surface area contributed by atoms with Gasteiger partial charge in [-0.25, -0.2) is 9.78 Å². The molecule has 36 heavy (non-hydrogen) atoms. The third-order valence-electron chi connectivity index (χ3n) is 6.50. The Hall–Kier alpha value is -2.51. The maximum Gasteiger partial charge on any atom is 0.458 e. The first-order valence-electron chi connectivity index (χ1n) is 11.7. The van der Waals surface area contributed by atoms with E-state index in [-0.39, 0.29) is 28.2 Å². The lowest BCUT2D eigenvalue weighted by Gasteiger charge is -2.35. The molecule has 1 N–H and O–H groups in total. The van der Waals surface area contributed by atoms with Gasteiger partial charge in [0.05, 0.1) is 12.8 Å². The third-order valence-corrected chi connectivity index (χ3v) is 7.26. The zero-order valence-electron chi connectivity index (χ0n) is 19.8. The summed E-state index contributed by atoms with van der Waals surface area (Å²) in [7, 11) is 1.28. The average Bonchev–Trinajstić information content (AvgIpc) is 3.54. The van der Waals surface area contributed by atoms with Crippen LogP contribution >= 0.6 is 11.3 Å². The van der Waals surface area contributed by atoms with Crippen LogP contribution in [0.25, 0.3) is 11.3 Å². The van der Waals surface area contributed by atoms with Crippen molar-refractivity contribution in [1.82, 2.24) is 19.7 Å². The number of hydrogen-bond acceptors (Lipinski definition) is 6. The Kier molecular flexibility index (Phi) is 8.00. The number of anilines is 1. The maximum atomic E-state index is 13.9. The SMILES string of the molecule is COc1ccc(C(F)(F)C(F)(F)F)cc1-c1csc(NC(=O)N2CCN(CCN3CCCC3)CC2)n1. The van der Waals surface area contributed by atoms with Gasteiger partial charge in [0.1, 0.15) is 5.75 Å². The average molecular weight is 534 g/mol. The molecule has 2 fully saturated rings. The van der Waals surface area contributed by atoms with Crippen LogP contribution < -0.4 is 10.1 Å². The minimum Gasteiger partial charge on any atom is -0.496 e. The molecule has 198 valence electrons. The van der Waals surface area contributed by atoms with Crippen LogP contribution in [-0.2, 0) is 5.92 Å². The highest BCUT2D eigenvalue weighted by Gasteiger charge is 2.58. The predicted octanol–water partition coefficient (Wildman–Crippen LogP) is 4.72. The molecule has 0 spiro atoms. The van der Waals surface area contributed by atoms with E-state index in [2.05, 4.69) is 20.1 Å². The van der Waals surface area contributed by atoms with Crippen LogP contribution in [0.4, 0.5) is 31.9 Å². The summed E-state index contributed by atoms with van der Waals surface area (Å²) in [4.78, 5) is 23.4. The summed E-state index contributed by atoms with van der Waals surface area (Å²) in [5.74, 6) is -4.94. The fourth-order valence-electron chi connectivity index (χ4n) is 4.36. The van der Waals surface area contributed by atoms with Gasteiger partial charge in [-0.15, -0.1) is 11.3 Å². The minimum atomic E-state index is -5.74. The summed E-state index contributed by atoms with van der Waals surface area (Å²) in [6, 6.07) is 2.11. The van der Waals surface area contributed by atoms with Crippen LogP contribution in [-0.4, -0.2) is 91.4 Å². The molecular formula is C23H28F5N5O2S. The van der Waals surface area contributed by atoms with Crippen LogP contribution in [0.2, 0.25) is 0 Å². The molecule has 0 saturated carbocycles. The van der Waals surface area contributed by atoms with E-state index < -0.39 is 17.7 Å². The van der Waals surface area contributed by atoms with Crippen LogP contribution in [0.15, 0.2) is 23.6 Å². The van der Waals surface area contributed by atoms with E-state index in [4.69, 9.17) is 4.74 Å². The molecule has 13 heteroatoms. The number of halogens is 5. The lowest BCUT2D eigenvalue weighted by Crippen LogP contribution is -2.51. The fourth-order valence-corrected chi connectivity index (χ4v) is 5.06. The highest BCUT2D eigenvalue weighted by Crippen LogP contribution is 2.46. The Morgan fingerprint density at radius 1 is 1.03 bits per heavy atom. The van der Waals surface area contributed by atoms with Crippen molar-refractivity contribution >= 4 is 22.5 Å². The van der Waals surface area contributed by atoms with Crippen molar-refractivity contribution in [3.63, 3.8) is 0 Å². The summed E-state index contributed by atoms with van der Waals surface area (Å²) in [5, 5.41) is 4.38. The number of nitrogens with one attached hydrogen (secondary N) is 1. The molecule has 2 saturated heterocycles. The van der Waals surface area contributed by atoms with Crippen molar-refractivity contribution in [2.45, 2.75) is 24.9 Å². The molecule has 2 aromatic rings. The van der Waals surface area contributed by atoms with Crippen LogP contribution in [0.5, 0.6) is 5.75 Å². The van der Waals surface area contributed by atoms with Gasteiger partial charge in [0.25, 0.3) is 0 Å². The van der Waals surface area contributed by atoms with Crippen LogP contribution in [0.3, 0.4) is 0 Å². The molecule has 1 aromatic heterocycles. The molecule has 0 radical (unpaired) electrons. The number of benzene rings is 1. The first kappa shape index (κ1) is 26.6. The largest absolute Gasteiger partial charge is 0.496 e. The lowest BCUT2D eigenvalue weighted by molar-refractivity contribution is -0.289. The van der Waals surface area contributed by atoms with E-state index in [1.807, 2.05) is 0 Å². The highest BCUT2D eigenvalue weighted by atomic mass is 32.1. The van der Waals surface area contributed by atoms with Gasteiger partial charge in [0.2, 0.25) is 0 Å². The predicted molar refractivity (Wildman–Crippen MR) is 127 cm³/mol. The van der Waals surface area contributed by atoms with Crippen molar-refractivity contribution in [3.05, 3.63) is 29.1 Å². The van der Waals surface area contributed by atoms with Gasteiger partial charge in [-0.05, 0) is 44.1 Å². The quantitative estimate of drug-likeness (QED) is 0.522. The minimum absolute atomic E-state index is 0.0257. The summed E-state index contributed by atoms with van der Waals surface area (Å²) in [6.07, 6.45) is -3.23. The number of methoxy groups -OCH3 is 1. The molecule has 3 heterocycles. The topological polar surface area (TPSA) is 60.9 Å². The summed E-state index contributed by atoms with van der Waals surface area (Å²) in [5.41, 5.74) is -1.12. The molecule has 2 amide bonds. The van der Waals surface area contributed by atoms with Crippen molar-refractivity contribution in [1.29, 1.82) is 0 Å². The van der Waals surface area contributed by atoms with Gasteiger partial charge in [-0.2, -0.15) is 22.0 Å². The number of likely N-dealkylation sites (tertiary alicyclic amines) is 1.